The van der Waals surface area contributed by atoms with Gasteiger partial charge in [-0.2, -0.15) is 5.10 Å². The fraction of sp³-hybridized carbons (Fsp3) is 0.429. The summed E-state index contributed by atoms with van der Waals surface area (Å²) in [6.45, 7) is 3.38. The van der Waals surface area contributed by atoms with Crippen LogP contribution in [0.25, 0.3) is 0 Å². The average Bonchev–Trinajstić information content (AvgIpc) is 2.05. The van der Waals surface area contributed by atoms with Crippen molar-refractivity contribution >= 4 is 5.78 Å². The molecule has 0 atom stereocenters. The lowest BCUT2D eigenvalue weighted by atomic mass is 10.3. The van der Waals surface area contributed by atoms with Crippen LogP contribution in [0.5, 0.6) is 0 Å². The zero-order chi connectivity index (χ0) is 8.27. The molecule has 0 fully saturated rings. The zero-order valence-corrected chi connectivity index (χ0v) is 6.53. The largest absolute Gasteiger partial charge is 0.291 e. The molecule has 0 aliphatic heterocycles. The van der Waals surface area contributed by atoms with Crippen molar-refractivity contribution in [2.75, 3.05) is 0 Å². The number of aromatic nitrogens is 3. The summed E-state index contributed by atoms with van der Waals surface area (Å²) in [7, 11) is 0. The van der Waals surface area contributed by atoms with E-state index in [2.05, 4.69) is 15.2 Å². The number of aryl methyl sites for hydroxylation is 1. The number of carbonyl (C=O) groups excluding carboxylic acids is 1. The normalized spacial score (nSPS) is 9.64. The highest BCUT2D eigenvalue weighted by molar-refractivity contribution is 5.89. The Morgan fingerprint density at radius 2 is 2.36 bits per heavy atom. The van der Waals surface area contributed by atoms with Crippen molar-refractivity contribution in [2.24, 2.45) is 0 Å². The van der Waals surface area contributed by atoms with Gasteiger partial charge in [0, 0.05) is 6.92 Å². The number of hydrogen-bond acceptors (Lipinski definition) is 4. The third-order valence-electron chi connectivity index (χ3n) is 1.29. The molecule has 0 amide bonds. The van der Waals surface area contributed by atoms with Crippen molar-refractivity contribution in [3.8, 4) is 0 Å². The number of nitrogens with zero attached hydrogens (tertiary/aromatic N) is 3. The molecule has 0 saturated heterocycles. The highest BCUT2D eigenvalue weighted by Gasteiger charge is 2.02. The lowest BCUT2D eigenvalue weighted by molar-refractivity contribution is 0.100. The van der Waals surface area contributed by atoms with Crippen LogP contribution < -0.4 is 0 Å². The molecule has 0 aliphatic rings. The summed E-state index contributed by atoms with van der Waals surface area (Å²) in [5.74, 6) is 0.0529. The minimum absolute atomic E-state index is 0.146. The quantitative estimate of drug-likeness (QED) is 0.582. The van der Waals surface area contributed by atoms with E-state index < -0.39 is 0 Å². The van der Waals surface area contributed by atoms with Crippen LogP contribution in [-0.2, 0) is 6.42 Å². The standard InChI is InChI=1S/C7H9N3O/c1-3-6-4-8-10-7(9-6)5(2)11/h4H,3H2,1-2H3. The maximum Gasteiger partial charge on any atom is 0.217 e. The summed E-state index contributed by atoms with van der Waals surface area (Å²) in [4.78, 5) is 14.7. The van der Waals surface area contributed by atoms with Crippen molar-refractivity contribution in [3.63, 3.8) is 0 Å². The maximum absolute atomic E-state index is 10.7. The molecule has 1 aromatic rings. The third-order valence-corrected chi connectivity index (χ3v) is 1.29. The molecule has 4 nitrogen and oxygen atoms in total. The summed E-state index contributed by atoms with van der Waals surface area (Å²) in [5, 5.41) is 7.22. The predicted octanol–water partition coefficient (Wildman–Crippen LogP) is 0.637. The van der Waals surface area contributed by atoms with Gasteiger partial charge in [0.05, 0.1) is 11.9 Å². The minimum atomic E-state index is -0.146. The lowest BCUT2D eigenvalue weighted by Gasteiger charge is -1.94. The second-order valence-electron chi connectivity index (χ2n) is 2.18. The molecule has 0 N–H and O–H groups in total. The van der Waals surface area contributed by atoms with E-state index in [0.717, 1.165) is 12.1 Å². The number of hydrogen-bond donors (Lipinski definition) is 0. The molecule has 0 unspecified atom stereocenters. The van der Waals surface area contributed by atoms with Crippen LogP contribution in [0, 0.1) is 0 Å². The van der Waals surface area contributed by atoms with Crippen molar-refractivity contribution < 1.29 is 4.79 Å². The molecule has 0 aromatic carbocycles. The molecule has 1 aromatic heterocycles. The Kier molecular flexibility index (Phi) is 2.25. The molecule has 0 spiro atoms. The van der Waals surface area contributed by atoms with E-state index in [1.165, 1.54) is 6.92 Å². The van der Waals surface area contributed by atoms with Gasteiger partial charge in [0.1, 0.15) is 0 Å². The van der Waals surface area contributed by atoms with Gasteiger partial charge in [-0.05, 0) is 6.42 Å². The van der Waals surface area contributed by atoms with Crippen LogP contribution in [0.15, 0.2) is 6.20 Å². The highest BCUT2D eigenvalue weighted by Crippen LogP contribution is 1.93. The Balaban J connectivity index is 3.01. The molecular weight excluding hydrogens is 142 g/mol. The average molecular weight is 151 g/mol. The van der Waals surface area contributed by atoms with E-state index in [9.17, 15) is 4.79 Å². The third kappa shape index (κ3) is 1.80. The van der Waals surface area contributed by atoms with Crippen LogP contribution in [-0.4, -0.2) is 21.0 Å². The van der Waals surface area contributed by atoms with Gasteiger partial charge >= 0.3 is 0 Å². The molecule has 1 rings (SSSR count). The molecule has 1 heterocycles. The molecule has 0 saturated carbocycles. The van der Waals surface area contributed by atoms with Gasteiger partial charge in [-0.15, -0.1) is 5.10 Å². The van der Waals surface area contributed by atoms with E-state index in [1.54, 1.807) is 6.20 Å². The monoisotopic (exact) mass is 151 g/mol. The van der Waals surface area contributed by atoms with E-state index in [-0.39, 0.29) is 11.6 Å². The SMILES string of the molecule is CCc1cnnc(C(C)=O)n1. The zero-order valence-electron chi connectivity index (χ0n) is 6.53. The van der Waals surface area contributed by atoms with Gasteiger partial charge in [0.15, 0.2) is 5.78 Å². The lowest BCUT2D eigenvalue weighted by Crippen LogP contribution is -2.04. The van der Waals surface area contributed by atoms with E-state index >= 15 is 0 Å². The van der Waals surface area contributed by atoms with Crippen molar-refractivity contribution in [2.45, 2.75) is 20.3 Å². The van der Waals surface area contributed by atoms with Gasteiger partial charge < -0.3 is 0 Å². The molecule has 4 heteroatoms. The Bertz CT molecular complexity index is 272. The fourth-order valence-electron chi connectivity index (χ4n) is 0.657. The van der Waals surface area contributed by atoms with Crippen LogP contribution in [0.1, 0.15) is 30.2 Å². The van der Waals surface area contributed by atoms with Crippen molar-refractivity contribution in [1.29, 1.82) is 0 Å². The summed E-state index contributed by atoms with van der Waals surface area (Å²) in [6.07, 6.45) is 2.34. The minimum Gasteiger partial charge on any atom is -0.291 e. The summed E-state index contributed by atoms with van der Waals surface area (Å²) in [6, 6.07) is 0. The maximum atomic E-state index is 10.7. The van der Waals surface area contributed by atoms with Crippen molar-refractivity contribution in [3.05, 3.63) is 17.7 Å². The van der Waals surface area contributed by atoms with Gasteiger partial charge in [0.25, 0.3) is 0 Å². The highest BCUT2D eigenvalue weighted by atomic mass is 16.1. The molecule has 0 radical (unpaired) electrons. The van der Waals surface area contributed by atoms with Crippen LogP contribution in [0.2, 0.25) is 0 Å². The first-order chi connectivity index (χ1) is 5.24. The summed E-state index contributed by atoms with van der Waals surface area (Å²) < 4.78 is 0. The second-order valence-corrected chi connectivity index (χ2v) is 2.18. The Hall–Kier alpha value is -1.32. The first kappa shape index (κ1) is 7.78. The van der Waals surface area contributed by atoms with Crippen molar-refractivity contribution in [1.82, 2.24) is 15.2 Å². The van der Waals surface area contributed by atoms with E-state index in [0.29, 0.717) is 0 Å². The molecule has 0 aliphatic carbocycles. The number of ketones is 1. The number of Topliss-reactive ketones (excluding diaryl/α,β-unsaturated/α-hetero) is 1. The molecule has 11 heavy (non-hydrogen) atoms. The van der Waals surface area contributed by atoms with Crippen LogP contribution >= 0.6 is 0 Å². The topological polar surface area (TPSA) is 55.7 Å². The Morgan fingerprint density at radius 1 is 1.64 bits per heavy atom. The second kappa shape index (κ2) is 3.18. The van der Waals surface area contributed by atoms with Gasteiger partial charge in [-0.25, -0.2) is 4.98 Å². The van der Waals surface area contributed by atoms with Gasteiger partial charge in [-0.1, -0.05) is 6.92 Å². The first-order valence-electron chi connectivity index (χ1n) is 3.43. The fourth-order valence-corrected chi connectivity index (χ4v) is 0.657. The smallest absolute Gasteiger partial charge is 0.217 e. The number of rotatable bonds is 2. The van der Waals surface area contributed by atoms with Crippen LogP contribution in [0.4, 0.5) is 0 Å². The summed E-state index contributed by atoms with van der Waals surface area (Å²) in [5.41, 5.74) is 0.796. The molecule has 0 bridgehead atoms. The molecular formula is C7H9N3O. The Labute approximate surface area is 64.7 Å². The van der Waals surface area contributed by atoms with E-state index in [4.69, 9.17) is 0 Å². The summed E-state index contributed by atoms with van der Waals surface area (Å²) >= 11 is 0. The first-order valence-corrected chi connectivity index (χ1v) is 3.43. The predicted molar refractivity (Wildman–Crippen MR) is 39.2 cm³/mol. The van der Waals surface area contributed by atoms with Crippen LogP contribution in [0.3, 0.4) is 0 Å². The molecule has 58 valence electrons. The van der Waals surface area contributed by atoms with Gasteiger partial charge in [0.2, 0.25) is 5.82 Å². The number of carbonyl (C=O) groups is 1. The van der Waals surface area contributed by atoms with Gasteiger partial charge in [-0.3, -0.25) is 4.79 Å². The van der Waals surface area contributed by atoms with E-state index in [1.807, 2.05) is 6.92 Å². The Morgan fingerprint density at radius 3 is 2.91 bits per heavy atom.